The standard InChI is InChI=1S/C48H48ClN5O8S2/c1-48(2)25-33(50-32-9-4-7-30(23-32)43-37(49)24-40(63-43)47(59)60)20-21-53(48)64(61,62)26-27-6-3-8-31(22-27)51-44(56)29-14-12-28(13-15-29)34-16-17-38-42-35(34)10-5-11-36(42)46(58)54(38)39-18-19-41(55)52-45(39)57/h3-11,16-17,22-24,28-29,33,39,50H,12-15,18-21,25-26H2,1-2H3,(H,51,56)(H,59,60)(H,52,55,57)/t28?,29?,33-,39?/m0/s1. The van der Waals surface area contributed by atoms with Gasteiger partial charge in [0.25, 0.3) is 5.91 Å². The molecule has 4 N–H and O–H groups in total. The summed E-state index contributed by atoms with van der Waals surface area (Å²) in [6.45, 7) is 4.19. The Kier molecular flexibility index (Phi) is 11.6. The quantitative estimate of drug-likeness (QED) is 0.0942. The highest BCUT2D eigenvalue weighted by Crippen LogP contribution is 2.46. The average molecular weight is 923 g/mol. The van der Waals surface area contributed by atoms with Crippen LogP contribution < -0.4 is 20.9 Å². The van der Waals surface area contributed by atoms with Gasteiger partial charge in [-0.15, -0.1) is 11.3 Å². The first kappa shape index (κ1) is 43.6. The Bertz CT molecular complexity index is 2850. The number of hydrogen-bond acceptors (Lipinski definition) is 9. The summed E-state index contributed by atoms with van der Waals surface area (Å²) in [6.07, 6.45) is 4.46. The molecule has 9 rings (SSSR count). The van der Waals surface area contributed by atoms with Crippen LogP contribution in [0.15, 0.2) is 84.9 Å². The highest BCUT2D eigenvalue weighted by molar-refractivity contribution is 7.88. The SMILES string of the molecule is CC1(C)C[C@@H](Nc2cccc(-c3sc(C(=O)O)cc3Cl)c2)CCN1S(=O)(=O)Cc1cccc(NC(=O)C2CCC(c3ccc4c5c(cccc35)C(=O)N4C3CCC(=O)NC3=O)CC2)c1. The van der Waals surface area contributed by atoms with Crippen LogP contribution in [0.1, 0.15) is 102 Å². The molecule has 3 aliphatic heterocycles. The number of thiophene rings is 1. The minimum absolute atomic E-state index is 0.00896. The van der Waals surface area contributed by atoms with Crippen LogP contribution in [0.25, 0.3) is 21.2 Å². The van der Waals surface area contributed by atoms with Gasteiger partial charge in [-0.25, -0.2) is 13.2 Å². The third-order valence-electron chi connectivity index (χ3n) is 13.2. The van der Waals surface area contributed by atoms with Crippen LogP contribution in [0.4, 0.5) is 17.1 Å². The maximum absolute atomic E-state index is 14.0. The molecule has 332 valence electrons. The molecule has 16 heteroatoms. The van der Waals surface area contributed by atoms with Gasteiger partial charge in [0.2, 0.25) is 27.7 Å². The second-order valence-corrected chi connectivity index (χ2v) is 21.3. The molecule has 2 saturated heterocycles. The number of nitrogens with one attached hydrogen (secondary N) is 3. The molecule has 0 spiro atoms. The fraction of sp³-hybridized carbons (Fsp3) is 0.354. The van der Waals surface area contributed by atoms with E-state index in [-0.39, 0.29) is 59.1 Å². The molecule has 2 atom stereocenters. The van der Waals surface area contributed by atoms with Crippen molar-refractivity contribution in [2.24, 2.45) is 5.92 Å². The van der Waals surface area contributed by atoms with Crippen LogP contribution in [-0.4, -0.2) is 71.6 Å². The van der Waals surface area contributed by atoms with Crippen molar-refractivity contribution in [2.45, 2.75) is 94.5 Å². The molecule has 3 fully saturated rings. The second kappa shape index (κ2) is 17.1. The predicted molar refractivity (Wildman–Crippen MR) is 248 cm³/mol. The van der Waals surface area contributed by atoms with Gasteiger partial charge in [-0.05, 0) is 129 Å². The molecule has 4 amide bonds. The van der Waals surface area contributed by atoms with Crippen molar-refractivity contribution < 1.29 is 37.5 Å². The van der Waals surface area contributed by atoms with E-state index in [2.05, 4.69) is 16.0 Å². The average Bonchev–Trinajstić information content (AvgIpc) is 3.78. The first-order valence-electron chi connectivity index (χ1n) is 21.6. The van der Waals surface area contributed by atoms with Crippen molar-refractivity contribution in [3.8, 4) is 10.4 Å². The largest absolute Gasteiger partial charge is 0.477 e. The summed E-state index contributed by atoms with van der Waals surface area (Å²) in [7, 11) is -3.74. The van der Waals surface area contributed by atoms with Crippen molar-refractivity contribution >= 4 is 90.4 Å². The number of benzene rings is 4. The van der Waals surface area contributed by atoms with E-state index in [9.17, 15) is 37.5 Å². The van der Waals surface area contributed by atoms with E-state index in [4.69, 9.17) is 11.6 Å². The lowest BCUT2D eigenvalue weighted by atomic mass is 9.77. The summed E-state index contributed by atoms with van der Waals surface area (Å²) >= 11 is 7.50. The Morgan fingerprint density at radius 1 is 0.906 bits per heavy atom. The Morgan fingerprint density at radius 3 is 2.39 bits per heavy atom. The van der Waals surface area contributed by atoms with Crippen LogP contribution in [0.5, 0.6) is 0 Å². The molecule has 64 heavy (non-hydrogen) atoms. The zero-order valence-electron chi connectivity index (χ0n) is 35.4. The Hall–Kier alpha value is -5.61. The molecule has 1 aromatic heterocycles. The van der Waals surface area contributed by atoms with Crippen LogP contribution in [0.3, 0.4) is 0 Å². The number of carbonyl (C=O) groups excluding carboxylic acids is 4. The topological polar surface area (TPSA) is 182 Å². The first-order chi connectivity index (χ1) is 30.6. The number of carbonyl (C=O) groups is 5. The molecule has 4 heterocycles. The molecule has 5 aromatic rings. The van der Waals surface area contributed by atoms with Crippen molar-refractivity contribution in [1.82, 2.24) is 9.62 Å². The van der Waals surface area contributed by atoms with Crippen LogP contribution in [0.2, 0.25) is 5.02 Å². The van der Waals surface area contributed by atoms with Gasteiger partial charge in [0.15, 0.2) is 0 Å². The molecule has 13 nitrogen and oxygen atoms in total. The summed E-state index contributed by atoms with van der Waals surface area (Å²) < 4.78 is 29.6. The molecule has 0 radical (unpaired) electrons. The van der Waals surface area contributed by atoms with E-state index in [0.29, 0.717) is 64.6 Å². The van der Waals surface area contributed by atoms with Crippen LogP contribution >= 0.6 is 22.9 Å². The van der Waals surface area contributed by atoms with Crippen molar-refractivity contribution in [3.05, 3.63) is 112 Å². The number of piperidine rings is 2. The van der Waals surface area contributed by atoms with Crippen molar-refractivity contribution in [2.75, 3.05) is 22.1 Å². The van der Waals surface area contributed by atoms with Gasteiger partial charge in [-0.3, -0.25) is 29.4 Å². The number of rotatable bonds is 11. The third kappa shape index (κ3) is 8.41. The van der Waals surface area contributed by atoms with Crippen molar-refractivity contribution in [3.63, 3.8) is 0 Å². The van der Waals surface area contributed by atoms with Gasteiger partial charge in [-0.1, -0.05) is 54.1 Å². The summed E-state index contributed by atoms with van der Waals surface area (Å²) in [6, 6.07) is 25.0. The number of nitrogens with zero attached hydrogens (tertiary/aromatic N) is 2. The van der Waals surface area contributed by atoms with Gasteiger partial charge in [0.1, 0.15) is 10.9 Å². The van der Waals surface area contributed by atoms with Gasteiger partial charge in [-0.2, -0.15) is 4.31 Å². The summed E-state index contributed by atoms with van der Waals surface area (Å²) in [5, 5.41) is 20.6. The first-order valence-corrected chi connectivity index (χ1v) is 24.4. The highest BCUT2D eigenvalue weighted by atomic mass is 35.5. The van der Waals surface area contributed by atoms with Crippen molar-refractivity contribution in [1.29, 1.82) is 0 Å². The molecular formula is C48H48ClN5O8S2. The van der Waals surface area contributed by atoms with E-state index in [1.807, 2.05) is 62.4 Å². The molecule has 1 saturated carbocycles. The number of amides is 4. The Balaban J connectivity index is 0.805. The Labute approximate surface area is 380 Å². The maximum Gasteiger partial charge on any atom is 0.345 e. The lowest BCUT2D eigenvalue weighted by Crippen LogP contribution is -2.55. The molecule has 4 aromatic carbocycles. The summed E-state index contributed by atoms with van der Waals surface area (Å²) in [5.74, 6) is -2.43. The number of imide groups is 1. The molecular weight excluding hydrogens is 874 g/mol. The van der Waals surface area contributed by atoms with Gasteiger partial charge in [0, 0.05) is 52.8 Å². The molecule has 1 aliphatic carbocycles. The van der Waals surface area contributed by atoms with Gasteiger partial charge < -0.3 is 15.7 Å². The van der Waals surface area contributed by atoms with E-state index < -0.39 is 33.5 Å². The fourth-order valence-corrected chi connectivity index (χ4v) is 13.5. The Morgan fingerprint density at radius 2 is 1.66 bits per heavy atom. The highest BCUT2D eigenvalue weighted by Gasteiger charge is 2.43. The zero-order chi connectivity index (χ0) is 45.1. The lowest BCUT2D eigenvalue weighted by molar-refractivity contribution is -0.134. The van der Waals surface area contributed by atoms with Gasteiger partial charge >= 0.3 is 5.97 Å². The minimum atomic E-state index is -3.74. The monoisotopic (exact) mass is 921 g/mol. The maximum atomic E-state index is 14.0. The van der Waals surface area contributed by atoms with E-state index in [1.165, 1.54) is 11.0 Å². The third-order valence-corrected chi connectivity index (χ3v) is 16.8. The van der Waals surface area contributed by atoms with E-state index in [1.54, 1.807) is 34.6 Å². The number of carboxylic acids is 1. The number of carboxylic acid groups (broad SMARTS) is 1. The number of aromatic carboxylic acids is 1. The zero-order valence-corrected chi connectivity index (χ0v) is 37.7. The van der Waals surface area contributed by atoms with E-state index >= 15 is 0 Å². The van der Waals surface area contributed by atoms with Gasteiger partial charge in [0.05, 0.1) is 21.3 Å². The fourth-order valence-electron chi connectivity index (χ4n) is 10.2. The number of sulfonamides is 1. The van der Waals surface area contributed by atoms with Crippen LogP contribution in [-0.2, 0) is 30.2 Å². The summed E-state index contributed by atoms with van der Waals surface area (Å²) in [4.78, 5) is 65.8. The van der Waals surface area contributed by atoms with E-state index in [0.717, 1.165) is 51.8 Å². The normalized spacial score (nSPS) is 22.4. The molecule has 1 unspecified atom stereocenters. The number of hydrogen-bond donors (Lipinski definition) is 4. The lowest BCUT2D eigenvalue weighted by Gasteiger charge is -2.45. The second-order valence-electron chi connectivity index (χ2n) is 17.9. The van der Waals surface area contributed by atoms with Crippen LogP contribution in [0, 0.1) is 5.92 Å². The predicted octanol–water partition coefficient (Wildman–Crippen LogP) is 8.78. The smallest absolute Gasteiger partial charge is 0.345 e. The molecule has 4 aliphatic rings. The number of anilines is 3. The minimum Gasteiger partial charge on any atom is -0.477 e. The number of halogens is 1. The molecule has 0 bridgehead atoms. The summed E-state index contributed by atoms with van der Waals surface area (Å²) in [5.41, 5.74) is 4.40.